The summed E-state index contributed by atoms with van der Waals surface area (Å²) in [6.45, 7) is 40.6. The van der Waals surface area contributed by atoms with E-state index in [-0.39, 0.29) is 44.7 Å². The third kappa shape index (κ3) is 7.76. The second-order valence-electron chi connectivity index (χ2n) is 27.5. The number of hydrogen-bond donors (Lipinski definition) is 0. The van der Waals surface area contributed by atoms with Crippen LogP contribution in [0.15, 0.2) is 115 Å². The van der Waals surface area contributed by atoms with E-state index in [0.29, 0.717) is 0 Å². The maximum absolute atomic E-state index is 2.82. The van der Waals surface area contributed by atoms with Gasteiger partial charge in [-0.05, 0) is 157 Å². The molecule has 3 aliphatic heterocycles. The monoisotopic (exact) mass is 928 g/mol. The van der Waals surface area contributed by atoms with E-state index in [9.17, 15) is 0 Å². The van der Waals surface area contributed by atoms with Crippen molar-refractivity contribution < 1.29 is 0 Å². The fourth-order valence-electron chi connectivity index (χ4n) is 12.8. The third-order valence-corrected chi connectivity index (χ3v) is 17.5. The van der Waals surface area contributed by atoms with E-state index in [0.717, 1.165) is 6.42 Å². The van der Waals surface area contributed by atoms with E-state index in [1.807, 2.05) is 0 Å². The lowest BCUT2D eigenvalue weighted by Crippen LogP contribution is -2.61. The summed E-state index contributed by atoms with van der Waals surface area (Å²) in [5.74, 6) is 0. The first-order chi connectivity index (χ1) is 32.6. The highest BCUT2D eigenvalue weighted by molar-refractivity contribution is 7.00. The largest absolute Gasteiger partial charge is 0.334 e. The smallest absolute Gasteiger partial charge is 0.252 e. The summed E-state index contributed by atoms with van der Waals surface area (Å²) >= 11 is 0. The van der Waals surface area contributed by atoms with Crippen LogP contribution in [0.4, 0.5) is 45.5 Å². The minimum atomic E-state index is -0.111. The molecule has 0 amide bonds. The molecule has 6 aromatic rings. The molecule has 6 aromatic carbocycles. The lowest BCUT2D eigenvalue weighted by atomic mass is 9.33. The zero-order valence-corrected chi connectivity index (χ0v) is 46.1. The molecule has 70 heavy (non-hydrogen) atoms. The normalized spacial score (nSPS) is 20.3. The molecule has 0 aromatic heterocycles. The Hall–Kier alpha value is -5.22. The number of rotatable bonds is 3. The van der Waals surface area contributed by atoms with Gasteiger partial charge in [0, 0.05) is 50.9 Å². The summed E-state index contributed by atoms with van der Waals surface area (Å²) in [7, 11) is 0. The summed E-state index contributed by atoms with van der Waals surface area (Å²) in [6, 6.07) is 46.7. The molecule has 2 atom stereocenters. The van der Waals surface area contributed by atoms with Crippen LogP contribution in [0.2, 0.25) is 0 Å². The van der Waals surface area contributed by atoms with Crippen LogP contribution < -0.4 is 31.1 Å². The van der Waals surface area contributed by atoms with Crippen LogP contribution >= 0.6 is 0 Å². The van der Waals surface area contributed by atoms with Crippen LogP contribution in [0, 0.1) is 0 Å². The van der Waals surface area contributed by atoms with Crippen LogP contribution in [0.5, 0.6) is 0 Å². The highest BCUT2D eigenvalue weighted by atomic mass is 15.3. The Morgan fingerprint density at radius 3 is 1.46 bits per heavy atom. The van der Waals surface area contributed by atoms with Gasteiger partial charge >= 0.3 is 0 Å². The molecule has 1 saturated carbocycles. The van der Waals surface area contributed by atoms with Crippen molar-refractivity contribution in [3.63, 3.8) is 0 Å². The second kappa shape index (κ2) is 16.1. The lowest BCUT2D eigenvalue weighted by Gasteiger charge is -2.49. The van der Waals surface area contributed by atoms with Gasteiger partial charge in [0.1, 0.15) is 0 Å². The first-order valence-electron chi connectivity index (χ1n) is 26.8. The number of nitrogens with zero attached hydrogens (tertiary/aromatic N) is 3. The van der Waals surface area contributed by atoms with Gasteiger partial charge in [0.15, 0.2) is 0 Å². The van der Waals surface area contributed by atoms with Crippen LogP contribution in [-0.4, -0.2) is 12.3 Å². The quantitative estimate of drug-likeness (QED) is 0.164. The number of hydrogen-bond acceptors (Lipinski definition) is 3. The van der Waals surface area contributed by atoms with E-state index in [1.165, 1.54) is 127 Å². The third-order valence-electron chi connectivity index (χ3n) is 17.5. The molecule has 364 valence electrons. The summed E-state index contributed by atoms with van der Waals surface area (Å²) in [6.07, 6.45) is 7.50. The van der Waals surface area contributed by atoms with Crippen LogP contribution in [0.3, 0.4) is 0 Å². The first-order valence-corrected chi connectivity index (χ1v) is 26.8. The molecule has 1 aliphatic carbocycles. The van der Waals surface area contributed by atoms with Gasteiger partial charge in [0.2, 0.25) is 0 Å². The van der Waals surface area contributed by atoms with Gasteiger partial charge < -0.3 is 14.7 Å². The molecule has 0 saturated heterocycles. The van der Waals surface area contributed by atoms with Crippen molar-refractivity contribution in [3.8, 4) is 0 Å². The minimum Gasteiger partial charge on any atom is -0.334 e. The van der Waals surface area contributed by atoms with Crippen molar-refractivity contribution in [3.05, 3.63) is 149 Å². The first kappa shape index (κ1) is 48.4. The Balaban J connectivity index is 1.29. The van der Waals surface area contributed by atoms with Crippen LogP contribution in [0.25, 0.3) is 0 Å². The van der Waals surface area contributed by atoms with Crippen molar-refractivity contribution in [2.24, 2.45) is 0 Å². The van der Waals surface area contributed by atoms with Gasteiger partial charge in [-0.3, -0.25) is 0 Å². The zero-order chi connectivity index (χ0) is 50.3. The Kier molecular flexibility index (Phi) is 11.2. The second-order valence-corrected chi connectivity index (χ2v) is 27.5. The molecule has 4 heteroatoms. The molecular formula is C66H82BN3. The van der Waals surface area contributed by atoms with Crippen molar-refractivity contribution >= 4 is 68.6 Å². The van der Waals surface area contributed by atoms with E-state index >= 15 is 0 Å². The van der Waals surface area contributed by atoms with E-state index < -0.39 is 0 Å². The average Bonchev–Trinajstić information content (AvgIpc) is 3.45. The SMILES string of the molecule is CC(C)(C)c1ccc(N2c3cc(N4c5ccc(C(C)(C)C)cc5C5(C)CCCCCCC45C)ccc3B3c4ccc(C(C)(C)C)cc4N(c4cccc(C(C)(C)C)c4)c4cc(C(C)(C)C)cc2c43)cc1. The Morgan fingerprint density at radius 2 is 0.857 bits per heavy atom. The molecule has 10 rings (SSSR count). The summed E-state index contributed by atoms with van der Waals surface area (Å²) < 4.78 is 0. The maximum Gasteiger partial charge on any atom is 0.252 e. The molecule has 4 aliphatic rings. The van der Waals surface area contributed by atoms with Gasteiger partial charge in [-0.2, -0.15) is 0 Å². The summed E-state index contributed by atoms with van der Waals surface area (Å²) in [5, 5.41) is 0. The standard InChI is InChI=1S/C66H82BN3/c1-60(2,3)43-25-29-48(30-26-43)68-56-42-50(70-54-34-28-45(62(7,8)9)38-51(54)65(16)35-20-18-19-21-36-66(65,70)17)31-33-53(56)67-52-32-27-46(63(10,11)12)39-55(52)69(49-24-22-23-44(37-49)61(4,5)6)58-41-47(64(13,14)15)40-57(68)59(58)67/h22-34,37-42H,18-21,35-36H2,1-17H3. The highest BCUT2D eigenvalue weighted by Crippen LogP contribution is 2.61. The number of benzene rings is 6. The van der Waals surface area contributed by atoms with Crippen molar-refractivity contribution in [2.45, 2.75) is 194 Å². The van der Waals surface area contributed by atoms with Crippen LogP contribution in [-0.2, 0) is 32.5 Å². The summed E-state index contributed by atoms with van der Waals surface area (Å²) in [5.41, 5.74) is 22.5. The molecule has 3 nitrogen and oxygen atoms in total. The topological polar surface area (TPSA) is 9.72 Å². The Labute approximate surface area is 424 Å². The fourth-order valence-corrected chi connectivity index (χ4v) is 12.8. The van der Waals surface area contributed by atoms with E-state index in [2.05, 4.69) is 248 Å². The molecule has 0 radical (unpaired) electrons. The number of fused-ring (bicyclic) bond motifs is 7. The van der Waals surface area contributed by atoms with Crippen molar-refractivity contribution in [1.29, 1.82) is 0 Å². The maximum atomic E-state index is 2.82. The van der Waals surface area contributed by atoms with E-state index in [4.69, 9.17) is 0 Å². The van der Waals surface area contributed by atoms with Gasteiger partial charge in [-0.15, -0.1) is 0 Å². The van der Waals surface area contributed by atoms with Gasteiger partial charge in [0.05, 0.1) is 5.54 Å². The molecule has 0 spiro atoms. The average molecular weight is 928 g/mol. The molecule has 0 N–H and O–H groups in total. The van der Waals surface area contributed by atoms with E-state index in [1.54, 1.807) is 0 Å². The zero-order valence-electron chi connectivity index (χ0n) is 46.1. The molecular weight excluding hydrogens is 846 g/mol. The Bertz CT molecular complexity index is 3010. The van der Waals surface area contributed by atoms with Gasteiger partial charge in [-0.25, -0.2) is 0 Å². The lowest BCUT2D eigenvalue weighted by molar-refractivity contribution is 0.217. The molecule has 2 unspecified atom stereocenters. The predicted molar refractivity (Wildman–Crippen MR) is 306 cm³/mol. The van der Waals surface area contributed by atoms with Crippen molar-refractivity contribution in [1.82, 2.24) is 0 Å². The minimum absolute atomic E-state index is 0.00101. The molecule has 3 heterocycles. The Morgan fingerprint density at radius 1 is 0.386 bits per heavy atom. The predicted octanol–water partition coefficient (Wildman–Crippen LogP) is 16.8. The van der Waals surface area contributed by atoms with Gasteiger partial charge in [-0.1, -0.05) is 191 Å². The number of anilines is 8. The van der Waals surface area contributed by atoms with Crippen LogP contribution in [0.1, 0.15) is 190 Å². The summed E-state index contributed by atoms with van der Waals surface area (Å²) in [4.78, 5) is 8.11. The fraction of sp³-hybridized carbons (Fsp3) is 0.455. The molecule has 1 fully saturated rings. The molecule has 0 bridgehead atoms. The van der Waals surface area contributed by atoms with Crippen molar-refractivity contribution in [2.75, 3.05) is 14.7 Å². The van der Waals surface area contributed by atoms with Gasteiger partial charge in [0.25, 0.3) is 6.71 Å². The highest BCUT2D eigenvalue weighted by Gasteiger charge is 2.57.